The molecular formula is C22H26N4O. The van der Waals surface area contributed by atoms with Crippen LogP contribution in [0.1, 0.15) is 46.2 Å². The second-order valence-electron chi connectivity index (χ2n) is 7.36. The van der Waals surface area contributed by atoms with E-state index in [1.54, 1.807) is 0 Å². The SMILES string of the molecule is Cc1ccn2c(C(=O)NCC(c3ccccc3)N3CCCC3)c(C)nc2c1. The van der Waals surface area contributed by atoms with E-state index >= 15 is 0 Å². The minimum absolute atomic E-state index is 0.0658. The third-order valence-electron chi connectivity index (χ3n) is 5.39. The zero-order valence-electron chi connectivity index (χ0n) is 16.0. The average molecular weight is 362 g/mol. The van der Waals surface area contributed by atoms with Crippen LogP contribution in [0.25, 0.3) is 5.65 Å². The molecule has 1 N–H and O–H groups in total. The van der Waals surface area contributed by atoms with Crippen molar-refractivity contribution in [1.82, 2.24) is 19.6 Å². The van der Waals surface area contributed by atoms with Crippen LogP contribution < -0.4 is 5.32 Å². The van der Waals surface area contributed by atoms with Crippen LogP contribution in [0, 0.1) is 13.8 Å². The molecule has 5 nitrogen and oxygen atoms in total. The first-order valence-electron chi connectivity index (χ1n) is 9.66. The molecule has 0 bridgehead atoms. The molecular weight excluding hydrogens is 336 g/mol. The number of nitrogens with zero attached hydrogens (tertiary/aromatic N) is 3. The molecule has 140 valence electrons. The van der Waals surface area contributed by atoms with Crippen molar-refractivity contribution in [3.05, 3.63) is 71.2 Å². The first kappa shape index (κ1) is 17.7. The van der Waals surface area contributed by atoms with Gasteiger partial charge >= 0.3 is 0 Å². The molecule has 5 heteroatoms. The number of fused-ring (bicyclic) bond motifs is 1. The lowest BCUT2D eigenvalue weighted by Crippen LogP contribution is -2.37. The van der Waals surface area contributed by atoms with Crippen molar-refractivity contribution in [3.8, 4) is 0 Å². The number of benzene rings is 1. The molecule has 1 saturated heterocycles. The molecule has 3 heterocycles. The molecule has 0 saturated carbocycles. The summed E-state index contributed by atoms with van der Waals surface area (Å²) in [7, 11) is 0. The van der Waals surface area contributed by atoms with Crippen molar-refractivity contribution < 1.29 is 4.79 Å². The van der Waals surface area contributed by atoms with Gasteiger partial charge in [-0.2, -0.15) is 0 Å². The van der Waals surface area contributed by atoms with Gasteiger partial charge in [0.25, 0.3) is 5.91 Å². The van der Waals surface area contributed by atoms with Gasteiger partial charge in [0.2, 0.25) is 0 Å². The third kappa shape index (κ3) is 3.60. The number of hydrogen-bond donors (Lipinski definition) is 1. The summed E-state index contributed by atoms with van der Waals surface area (Å²) in [5, 5.41) is 3.17. The fraction of sp³-hybridized carbons (Fsp3) is 0.364. The van der Waals surface area contributed by atoms with E-state index in [0.29, 0.717) is 12.2 Å². The number of aryl methyl sites for hydroxylation is 2. The van der Waals surface area contributed by atoms with E-state index in [0.717, 1.165) is 30.0 Å². The Morgan fingerprint density at radius 1 is 1.15 bits per heavy atom. The van der Waals surface area contributed by atoms with Gasteiger partial charge < -0.3 is 5.32 Å². The van der Waals surface area contributed by atoms with Crippen LogP contribution in [0.15, 0.2) is 48.7 Å². The third-order valence-corrected chi connectivity index (χ3v) is 5.39. The van der Waals surface area contributed by atoms with E-state index in [4.69, 9.17) is 0 Å². The maximum atomic E-state index is 13.0. The van der Waals surface area contributed by atoms with E-state index in [1.807, 2.05) is 42.6 Å². The van der Waals surface area contributed by atoms with Crippen molar-refractivity contribution in [3.63, 3.8) is 0 Å². The lowest BCUT2D eigenvalue weighted by molar-refractivity contribution is 0.0931. The van der Waals surface area contributed by atoms with Crippen LogP contribution in [0.3, 0.4) is 0 Å². The number of aromatic nitrogens is 2. The first-order chi connectivity index (χ1) is 13.1. The summed E-state index contributed by atoms with van der Waals surface area (Å²) < 4.78 is 1.88. The van der Waals surface area contributed by atoms with Gasteiger partial charge in [0.05, 0.1) is 11.7 Å². The van der Waals surface area contributed by atoms with Crippen molar-refractivity contribution >= 4 is 11.6 Å². The number of carbonyl (C=O) groups is 1. The normalized spacial score (nSPS) is 15.9. The van der Waals surface area contributed by atoms with Gasteiger partial charge in [0, 0.05) is 12.7 Å². The van der Waals surface area contributed by atoms with Crippen LogP contribution >= 0.6 is 0 Å². The molecule has 2 aromatic heterocycles. The van der Waals surface area contributed by atoms with E-state index < -0.39 is 0 Å². The molecule has 3 aromatic rings. The Morgan fingerprint density at radius 2 is 1.89 bits per heavy atom. The second kappa shape index (κ2) is 7.53. The van der Waals surface area contributed by atoms with Crippen molar-refractivity contribution in [2.75, 3.05) is 19.6 Å². The van der Waals surface area contributed by atoms with Gasteiger partial charge in [-0.3, -0.25) is 14.1 Å². The Hall–Kier alpha value is -2.66. The topological polar surface area (TPSA) is 49.6 Å². The van der Waals surface area contributed by atoms with E-state index in [2.05, 4.69) is 39.5 Å². The maximum Gasteiger partial charge on any atom is 0.270 e. The second-order valence-corrected chi connectivity index (χ2v) is 7.36. The standard InChI is InChI=1S/C22H26N4O/c1-16-10-13-26-20(14-16)24-17(2)21(26)22(27)23-15-19(25-11-6-7-12-25)18-8-4-3-5-9-18/h3-5,8-10,13-14,19H,6-7,11-12,15H2,1-2H3,(H,23,27). The Kier molecular flexibility index (Phi) is 4.94. The van der Waals surface area contributed by atoms with Crippen LogP contribution in [0.4, 0.5) is 0 Å². The minimum atomic E-state index is -0.0658. The number of likely N-dealkylation sites (tertiary alicyclic amines) is 1. The van der Waals surface area contributed by atoms with Gasteiger partial charge in [0.1, 0.15) is 11.3 Å². The van der Waals surface area contributed by atoms with Crippen LogP contribution in [0.2, 0.25) is 0 Å². The van der Waals surface area contributed by atoms with Gasteiger partial charge in [-0.15, -0.1) is 0 Å². The largest absolute Gasteiger partial charge is 0.349 e. The Labute approximate surface area is 160 Å². The number of pyridine rings is 1. The van der Waals surface area contributed by atoms with E-state index in [1.165, 1.54) is 18.4 Å². The Bertz CT molecular complexity index is 942. The number of amides is 1. The molecule has 1 atom stereocenters. The molecule has 1 aliphatic heterocycles. The van der Waals surface area contributed by atoms with Crippen molar-refractivity contribution in [2.24, 2.45) is 0 Å². The predicted octanol–water partition coefficient (Wildman–Crippen LogP) is 3.52. The number of nitrogens with one attached hydrogen (secondary N) is 1. The predicted molar refractivity (Wildman–Crippen MR) is 107 cm³/mol. The van der Waals surface area contributed by atoms with E-state index in [9.17, 15) is 4.79 Å². The van der Waals surface area contributed by atoms with Gasteiger partial charge in [-0.05, 0) is 63.0 Å². The summed E-state index contributed by atoms with van der Waals surface area (Å²) in [4.78, 5) is 20.0. The highest BCUT2D eigenvalue weighted by Gasteiger charge is 2.25. The molecule has 27 heavy (non-hydrogen) atoms. The summed E-state index contributed by atoms with van der Waals surface area (Å²) in [6, 6.07) is 14.7. The van der Waals surface area contributed by atoms with Crippen molar-refractivity contribution in [1.29, 1.82) is 0 Å². The summed E-state index contributed by atoms with van der Waals surface area (Å²) in [5.74, 6) is -0.0658. The summed E-state index contributed by atoms with van der Waals surface area (Å²) in [5.41, 5.74) is 4.59. The van der Waals surface area contributed by atoms with Gasteiger partial charge in [-0.1, -0.05) is 30.3 Å². The van der Waals surface area contributed by atoms with Crippen LogP contribution in [-0.2, 0) is 0 Å². The van der Waals surface area contributed by atoms with Gasteiger partial charge in [0.15, 0.2) is 0 Å². The van der Waals surface area contributed by atoms with Gasteiger partial charge in [-0.25, -0.2) is 4.98 Å². The zero-order chi connectivity index (χ0) is 18.8. The number of carbonyl (C=O) groups excluding carboxylic acids is 1. The first-order valence-corrected chi connectivity index (χ1v) is 9.66. The quantitative estimate of drug-likeness (QED) is 0.755. The molecule has 0 radical (unpaired) electrons. The highest BCUT2D eigenvalue weighted by Crippen LogP contribution is 2.24. The summed E-state index contributed by atoms with van der Waals surface area (Å²) in [6.07, 6.45) is 4.38. The highest BCUT2D eigenvalue weighted by molar-refractivity contribution is 5.94. The fourth-order valence-electron chi connectivity index (χ4n) is 4.00. The molecule has 1 amide bonds. The van der Waals surface area contributed by atoms with Crippen LogP contribution in [-0.4, -0.2) is 39.8 Å². The number of rotatable bonds is 5. The molecule has 1 fully saturated rings. The summed E-state index contributed by atoms with van der Waals surface area (Å²) >= 11 is 0. The lowest BCUT2D eigenvalue weighted by Gasteiger charge is -2.28. The lowest BCUT2D eigenvalue weighted by atomic mass is 10.1. The zero-order valence-corrected chi connectivity index (χ0v) is 16.0. The minimum Gasteiger partial charge on any atom is -0.349 e. The molecule has 1 aromatic carbocycles. The average Bonchev–Trinajstić information content (AvgIpc) is 3.29. The highest BCUT2D eigenvalue weighted by atomic mass is 16.2. The Morgan fingerprint density at radius 3 is 2.63 bits per heavy atom. The fourth-order valence-corrected chi connectivity index (χ4v) is 4.00. The molecule has 4 rings (SSSR count). The number of hydrogen-bond acceptors (Lipinski definition) is 3. The molecule has 0 aliphatic carbocycles. The monoisotopic (exact) mass is 362 g/mol. The van der Waals surface area contributed by atoms with Crippen LogP contribution in [0.5, 0.6) is 0 Å². The molecule has 1 unspecified atom stereocenters. The molecule has 1 aliphatic rings. The number of imidazole rings is 1. The molecule has 0 spiro atoms. The summed E-state index contributed by atoms with van der Waals surface area (Å²) in [6.45, 7) is 6.70. The maximum absolute atomic E-state index is 13.0. The Balaban J connectivity index is 1.56. The van der Waals surface area contributed by atoms with E-state index in [-0.39, 0.29) is 11.9 Å². The van der Waals surface area contributed by atoms with Crippen molar-refractivity contribution in [2.45, 2.75) is 32.7 Å². The smallest absolute Gasteiger partial charge is 0.270 e.